The number of carbonyl (C=O) groups excluding carboxylic acids is 2. The molecule has 4 rings (SSSR count). The topological polar surface area (TPSA) is 98.1 Å². The zero-order chi connectivity index (χ0) is 23.2. The highest BCUT2D eigenvalue weighted by Gasteiger charge is 2.20. The molecule has 168 valence electrons. The van der Waals surface area contributed by atoms with E-state index < -0.39 is 17.6 Å². The van der Waals surface area contributed by atoms with Crippen LogP contribution in [-0.4, -0.2) is 39.4 Å². The first-order valence-electron chi connectivity index (χ1n) is 9.67. The number of halogens is 1. The molecule has 2 amide bonds. The van der Waals surface area contributed by atoms with Gasteiger partial charge in [0.2, 0.25) is 5.91 Å². The van der Waals surface area contributed by atoms with Gasteiger partial charge in [-0.1, -0.05) is 30.0 Å². The third-order valence-electron chi connectivity index (χ3n) is 4.46. The van der Waals surface area contributed by atoms with E-state index in [-0.39, 0.29) is 11.3 Å². The van der Waals surface area contributed by atoms with Gasteiger partial charge in [0.05, 0.1) is 23.4 Å². The van der Waals surface area contributed by atoms with Crippen LogP contribution in [-0.2, 0) is 4.79 Å². The highest BCUT2D eigenvalue weighted by molar-refractivity contribution is 7.99. The van der Waals surface area contributed by atoms with Crippen molar-refractivity contribution in [3.63, 3.8) is 0 Å². The number of nitrogens with zero attached hydrogens (tertiary/aromatic N) is 3. The Bertz CT molecular complexity index is 1260. The molecule has 2 aromatic carbocycles. The van der Waals surface area contributed by atoms with Crippen molar-refractivity contribution >= 4 is 34.9 Å². The van der Waals surface area contributed by atoms with Crippen LogP contribution in [0.2, 0.25) is 0 Å². The molecule has 8 nitrogen and oxygen atoms in total. The smallest absolute Gasteiger partial charge is 0.269 e. The lowest BCUT2D eigenvalue weighted by atomic mass is 10.2. The molecule has 0 unspecified atom stereocenters. The van der Waals surface area contributed by atoms with E-state index in [0.717, 1.165) is 22.3 Å². The summed E-state index contributed by atoms with van der Waals surface area (Å²) in [6.45, 7) is 0. The number of amides is 2. The number of rotatable bonds is 7. The van der Waals surface area contributed by atoms with Crippen molar-refractivity contribution in [1.82, 2.24) is 25.6 Å². The monoisotopic (exact) mass is 483 g/mol. The molecular weight excluding hydrogens is 465 g/mol. The van der Waals surface area contributed by atoms with Crippen LogP contribution in [0.1, 0.15) is 10.4 Å². The third kappa shape index (κ3) is 5.21. The summed E-state index contributed by atoms with van der Waals surface area (Å²) >= 11 is 2.68. The number of ether oxygens (including phenoxy) is 1. The summed E-state index contributed by atoms with van der Waals surface area (Å²) in [4.78, 5) is 25.3. The van der Waals surface area contributed by atoms with Crippen molar-refractivity contribution in [3.8, 4) is 22.1 Å². The van der Waals surface area contributed by atoms with Gasteiger partial charge >= 0.3 is 0 Å². The van der Waals surface area contributed by atoms with E-state index in [1.54, 1.807) is 7.11 Å². The summed E-state index contributed by atoms with van der Waals surface area (Å²) in [7, 11) is 1.58. The van der Waals surface area contributed by atoms with E-state index >= 15 is 0 Å². The lowest BCUT2D eigenvalue weighted by Crippen LogP contribution is -2.42. The fraction of sp³-hybridized carbons (Fsp3) is 0.0909. The molecule has 0 saturated heterocycles. The van der Waals surface area contributed by atoms with E-state index in [1.807, 2.05) is 46.3 Å². The van der Waals surface area contributed by atoms with Crippen molar-refractivity contribution in [1.29, 1.82) is 0 Å². The van der Waals surface area contributed by atoms with Crippen molar-refractivity contribution in [2.45, 2.75) is 5.16 Å². The molecule has 0 spiro atoms. The summed E-state index contributed by atoms with van der Waals surface area (Å²) in [6, 6.07) is 16.3. The first-order valence-corrected chi connectivity index (χ1v) is 11.5. The molecule has 11 heteroatoms. The number of thioether (sulfide) groups is 1. The van der Waals surface area contributed by atoms with Gasteiger partial charge in [-0.15, -0.1) is 21.5 Å². The molecule has 0 atom stereocenters. The highest BCUT2D eigenvalue weighted by atomic mass is 32.2. The molecule has 33 heavy (non-hydrogen) atoms. The first-order chi connectivity index (χ1) is 16.1. The number of hydrogen-bond donors (Lipinski definition) is 2. The Balaban J connectivity index is 1.48. The van der Waals surface area contributed by atoms with Crippen LogP contribution in [0.4, 0.5) is 4.39 Å². The molecular formula is C22H18FN5O3S2. The lowest BCUT2D eigenvalue weighted by Gasteiger charge is -2.13. The minimum atomic E-state index is -0.550. The number of benzene rings is 2. The summed E-state index contributed by atoms with van der Waals surface area (Å²) in [5, 5.41) is 11.0. The Morgan fingerprint density at radius 3 is 2.58 bits per heavy atom. The Hall–Kier alpha value is -3.70. The molecule has 0 radical (unpaired) electrons. The van der Waals surface area contributed by atoms with Crippen LogP contribution < -0.4 is 15.6 Å². The summed E-state index contributed by atoms with van der Waals surface area (Å²) < 4.78 is 20.3. The minimum absolute atomic E-state index is 0.0264. The Labute approximate surface area is 196 Å². The molecule has 0 aliphatic carbocycles. The fourth-order valence-electron chi connectivity index (χ4n) is 2.93. The standard InChI is InChI=1S/C22H18FN5O3S2/c1-31-17-6-3-2-5-16(17)28-20(18-7-4-12-32-18)25-27-22(28)33-13-19(29)24-26-21(30)14-8-10-15(23)11-9-14/h2-12H,13H2,1H3,(H,24,29)(H,26,30). The second kappa shape index (κ2) is 10.3. The van der Waals surface area contributed by atoms with Gasteiger partial charge < -0.3 is 4.74 Å². The molecule has 0 aliphatic rings. The quantitative estimate of drug-likeness (QED) is 0.307. The van der Waals surface area contributed by atoms with Gasteiger partial charge in [0.1, 0.15) is 11.6 Å². The zero-order valence-corrected chi connectivity index (χ0v) is 19.0. The molecule has 0 fully saturated rings. The van der Waals surface area contributed by atoms with E-state index in [2.05, 4.69) is 21.0 Å². The zero-order valence-electron chi connectivity index (χ0n) is 17.3. The van der Waals surface area contributed by atoms with Crippen LogP contribution in [0.5, 0.6) is 5.75 Å². The maximum absolute atomic E-state index is 13.0. The number of carbonyl (C=O) groups is 2. The van der Waals surface area contributed by atoms with Crippen molar-refractivity contribution in [2.24, 2.45) is 0 Å². The predicted octanol–water partition coefficient (Wildman–Crippen LogP) is 3.70. The maximum atomic E-state index is 13.0. The van der Waals surface area contributed by atoms with Crippen LogP contribution >= 0.6 is 23.1 Å². The average Bonchev–Trinajstić information content (AvgIpc) is 3.51. The van der Waals surface area contributed by atoms with Gasteiger partial charge in [0, 0.05) is 5.56 Å². The Morgan fingerprint density at radius 2 is 1.85 bits per heavy atom. The second-order valence-corrected chi connectivity index (χ2v) is 8.48. The molecule has 2 N–H and O–H groups in total. The Kier molecular flexibility index (Phi) is 7.01. The summed E-state index contributed by atoms with van der Waals surface area (Å²) in [5.41, 5.74) is 5.62. The summed E-state index contributed by atoms with van der Waals surface area (Å²) in [5.74, 6) is -0.210. The predicted molar refractivity (Wildman–Crippen MR) is 124 cm³/mol. The number of methoxy groups -OCH3 is 1. The van der Waals surface area contributed by atoms with Gasteiger partial charge in [-0.25, -0.2) is 4.39 Å². The molecule has 0 aliphatic heterocycles. The number of hydrogen-bond acceptors (Lipinski definition) is 7. The van der Waals surface area contributed by atoms with Crippen molar-refractivity contribution in [2.75, 3.05) is 12.9 Å². The number of nitrogens with one attached hydrogen (secondary N) is 2. The summed E-state index contributed by atoms with van der Waals surface area (Å²) in [6.07, 6.45) is 0. The van der Waals surface area contributed by atoms with Crippen LogP contribution in [0, 0.1) is 5.82 Å². The molecule has 0 bridgehead atoms. The van der Waals surface area contributed by atoms with E-state index in [0.29, 0.717) is 16.7 Å². The van der Waals surface area contributed by atoms with E-state index in [1.165, 1.54) is 35.6 Å². The number of hydrazine groups is 1. The van der Waals surface area contributed by atoms with E-state index in [9.17, 15) is 14.0 Å². The normalized spacial score (nSPS) is 10.6. The first kappa shape index (κ1) is 22.5. The van der Waals surface area contributed by atoms with Crippen LogP contribution in [0.25, 0.3) is 16.4 Å². The third-order valence-corrected chi connectivity index (χ3v) is 6.25. The van der Waals surface area contributed by atoms with Gasteiger partial charge in [0.15, 0.2) is 11.0 Å². The second-order valence-electron chi connectivity index (χ2n) is 6.59. The van der Waals surface area contributed by atoms with Crippen LogP contribution in [0.15, 0.2) is 71.2 Å². The minimum Gasteiger partial charge on any atom is -0.495 e. The molecule has 4 aromatic rings. The van der Waals surface area contributed by atoms with Crippen molar-refractivity contribution < 1.29 is 18.7 Å². The van der Waals surface area contributed by atoms with Gasteiger partial charge in [-0.2, -0.15) is 0 Å². The van der Waals surface area contributed by atoms with Gasteiger partial charge in [0.25, 0.3) is 5.91 Å². The molecule has 0 saturated carbocycles. The maximum Gasteiger partial charge on any atom is 0.269 e. The largest absolute Gasteiger partial charge is 0.495 e. The average molecular weight is 484 g/mol. The van der Waals surface area contributed by atoms with E-state index in [4.69, 9.17) is 4.74 Å². The fourth-order valence-corrected chi connectivity index (χ4v) is 4.37. The number of thiophene rings is 1. The number of para-hydroxylation sites is 2. The Morgan fingerprint density at radius 1 is 1.06 bits per heavy atom. The van der Waals surface area contributed by atoms with Crippen LogP contribution in [0.3, 0.4) is 0 Å². The highest BCUT2D eigenvalue weighted by Crippen LogP contribution is 2.33. The SMILES string of the molecule is COc1ccccc1-n1c(SCC(=O)NNC(=O)c2ccc(F)cc2)nnc1-c1cccs1. The van der Waals surface area contributed by atoms with Gasteiger partial charge in [-0.05, 0) is 47.8 Å². The molecule has 2 heterocycles. The lowest BCUT2D eigenvalue weighted by molar-refractivity contribution is -0.119. The van der Waals surface area contributed by atoms with Gasteiger partial charge in [-0.3, -0.25) is 25.0 Å². The van der Waals surface area contributed by atoms with Crippen molar-refractivity contribution in [3.05, 3.63) is 77.4 Å². The molecule has 2 aromatic heterocycles. The number of aromatic nitrogens is 3.